The van der Waals surface area contributed by atoms with E-state index < -0.39 is 17.7 Å². The minimum Gasteiger partial charge on any atom is -0.505 e. The number of furan rings is 1. The van der Waals surface area contributed by atoms with Gasteiger partial charge in [-0.3, -0.25) is 18.9 Å². The van der Waals surface area contributed by atoms with Crippen LogP contribution in [0.2, 0.25) is 0 Å². The van der Waals surface area contributed by atoms with Crippen molar-refractivity contribution < 1.29 is 23.8 Å². The molecular weight excluding hydrogens is 436 g/mol. The topological polar surface area (TPSA) is 101 Å². The first-order valence-corrected chi connectivity index (χ1v) is 11.5. The lowest BCUT2D eigenvalue weighted by Gasteiger charge is -2.28. The predicted octanol–water partition coefficient (Wildman–Crippen LogP) is 2.69. The van der Waals surface area contributed by atoms with Crippen LogP contribution >= 0.6 is 0 Å². The number of hydrogen-bond acceptors (Lipinski definition) is 7. The van der Waals surface area contributed by atoms with E-state index in [1.165, 1.54) is 4.90 Å². The summed E-state index contributed by atoms with van der Waals surface area (Å²) in [6.45, 7) is 7.86. The van der Waals surface area contributed by atoms with Gasteiger partial charge >= 0.3 is 0 Å². The number of morpholine rings is 1. The number of carbonyl (C=O) groups is 2. The summed E-state index contributed by atoms with van der Waals surface area (Å²) < 4.78 is 13.0. The van der Waals surface area contributed by atoms with Gasteiger partial charge in [0.25, 0.3) is 11.7 Å². The van der Waals surface area contributed by atoms with Gasteiger partial charge in [0.2, 0.25) is 0 Å². The molecule has 0 aliphatic carbocycles. The molecule has 3 aromatic heterocycles. The third-order valence-corrected chi connectivity index (χ3v) is 6.48. The van der Waals surface area contributed by atoms with Crippen molar-refractivity contribution in [2.24, 2.45) is 0 Å². The highest BCUT2D eigenvalue weighted by molar-refractivity contribution is 6.46. The number of pyridine rings is 1. The van der Waals surface area contributed by atoms with Crippen molar-refractivity contribution in [3.8, 4) is 0 Å². The minimum atomic E-state index is -0.799. The lowest BCUT2D eigenvalue weighted by atomic mass is 10.0. The lowest BCUT2D eigenvalue weighted by Crippen LogP contribution is -2.38. The average Bonchev–Trinajstić information content (AvgIpc) is 3.48. The second kappa shape index (κ2) is 9.08. The van der Waals surface area contributed by atoms with Crippen molar-refractivity contribution in [1.82, 2.24) is 19.2 Å². The number of aromatic nitrogens is 2. The molecule has 3 aromatic rings. The van der Waals surface area contributed by atoms with Gasteiger partial charge in [-0.05, 0) is 44.5 Å². The van der Waals surface area contributed by atoms with Gasteiger partial charge in [0.15, 0.2) is 5.76 Å². The maximum atomic E-state index is 13.2. The number of aliphatic hydroxyl groups is 1. The lowest BCUT2D eigenvalue weighted by molar-refractivity contribution is -0.140. The van der Waals surface area contributed by atoms with Crippen LogP contribution in [0.15, 0.2) is 46.5 Å². The van der Waals surface area contributed by atoms with Gasteiger partial charge in [0, 0.05) is 32.4 Å². The van der Waals surface area contributed by atoms with Crippen molar-refractivity contribution in [3.63, 3.8) is 0 Å². The van der Waals surface area contributed by atoms with Crippen molar-refractivity contribution >= 4 is 23.1 Å². The molecule has 2 saturated heterocycles. The number of ether oxygens (including phenoxy) is 1. The quantitative estimate of drug-likeness (QED) is 0.340. The summed E-state index contributed by atoms with van der Waals surface area (Å²) in [5.74, 6) is -0.470. The molecule has 1 atom stereocenters. The fourth-order valence-corrected chi connectivity index (χ4v) is 4.82. The summed E-state index contributed by atoms with van der Waals surface area (Å²) in [7, 11) is 0. The Hall–Kier alpha value is -3.43. The zero-order valence-electron chi connectivity index (χ0n) is 19.4. The number of amides is 1. The van der Waals surface area contributed by atoms with E-state index in [9.17, 15) is 14.7 Å². The Morgan fingerprint density at radius 1 is 1.12 bits per heavy atom. The Kier molecular flexibility index (Phi) is 5.97. The molecule has 178 valence electrons. The number of ketones is 1. The van der Waals surface area contributed by atoms with Crippen molar-refractivity contribution in [3.05, 3.63) is 65.0 Å². The number of imidazole rings is 1. The summed E-state index contributed by atoms with van der Waals surface area (Å²) in [6.07, 6.45) is 2.47. The third-order valence-electron chi connectivity index (χ3n) is 6.48. The maximum Gasteiger partial charge on any atom is 0.295 e. The van der Waals surface area contributed by atoms with Gasteiger partial charge in [0.05, 0.1) is 24.5 Å². The highest BCUT2D eigenvalue weighted by Crippen LogP contribution is 2.40. The number of nitrogens with zero attached hydrogens (tertiary/aromatic N) is 4. The number of aliphatic hydroxyl groups excluding tert-OH is 1. The van der Waals surface area contributed by atoms with Crippen LogP contribution in [0.1, 0.15) is 35.4 Å². The zero-order valence-corrected chi connectivity index (χ0v) is 19.4. The highest BCUT2D eigenvalue weighted by atomic mass is 16.5. The Morgan fingerprint density at radius 3 is 2.65 bits per heavy atom. The second-order valence-corrected chi connectivity index (χ2v) is 8.72. The molecule has 0 saturated carbocycles. The molecule has 34 heavy (non-hydrogen) atoms. The molecule has 5 heterocycles. The van der Waals surface area contributed by atoms with Gasteiger partial charge in [-0.25, -0.2) is 4.98 Å². The summed E-state index contributed by atoms with van der Waals surface area (Å²) in [5, 5.41) is 11.4. The summed E-state index contributed by atoms with van der Waals surface area (Å²) in [4.78, 5) is 34.7. The number of hydrogen-bond donors (Lipinski definition) is 1. The molecule has 1 N–H and O–H groups in total. The average molecular weight is 465 g/mol. The van der Waals surface area contributed by atoms with E-state index in [0.717, 1.165) is 19.6 Å². The van der Waals surface area contributed by atoms with Crippen LogP contribution in [0.4, 0.5) is 0 Å². The minimum absolute atomic E-state index is 0.0273. The van der Waals surface area contributed by atoms with Crippen LogP contribution < -0.4 is 0 Å². The first-order valence-electron chi connectivity index (χ1n) is 11.5. The van der Waals surface area contributed by atoms with Gasteiger partial charge in [-0.1, -0.05) is 6.07 Å². The number of fused-ring (bicyclic) bond motifs is 1. The highest BCUT2D eigenvalue weighted by Gasteiger charge is 2.47. The number of carbonyl (C=O) groups excluding carboxylic acids is 2. The number of rotatable bonds is 6. The van der Waals surface area contributed by atoms with E-state index in [4.69, 9.17) is 9.15 Å². The summed E-state index contributed by atoms with van der Waals surface area (Å²) >= 11 is 0. The molecule has 2 aliphatic rings. The Balaban J connectivity index is 1.53. The second-order valence-electron chi connectivity index (χ2n) is 8.72. The Morgan fingerprint density at radius 2 is 1.91 bits per heavy atom. The number of likely N-dealkylation sites (tertiary alicyclic amines) is 1. The predicted molar refractivity (Wildman–Crippen MR) is 124 cm³/mol. The molecular formula is C25H28N4O5. The largest absolute Gasteiger partial charge is 0.505 e. The molecule has 9 nitrogen and oxygen atoms in total. The van der Waals surface area contributed by atoms with Crippen molar-refractivity contribution in [2.45, 2.75) is 26.3 Å². The molecule has 5 rings (SSSR count). The SMILES string of the molecule is Cc1ccc([C@@H]2/C(=C(/O)c3c(C)nc4ccccn34)C(=O)C(=O)N2CCCN2CCOCC2)o1. The van der Waals surface area contributed by atoms with E-state index in [0.29, 0.717) is 54.7 Å². The maximum absolute atomic E-state index is 13.2. The first kappa shape index (κ1) is 22.4. The monoisotopic (exact) mass is 464 g/mol. The van der Waals surface area contributed by atoms with Crippen LogP contribution in [-0.2, 0) is 14.3 Å². The van der Waals surface area contributed by atoms with Gasteiger partial charge < -0.3 is 19.2 Å². The van der Waals surface area contributed by atoms with E-state index in [1.807, 2.05) is 25.1 Å². The fraction of sp³-hybridized carbons (Fsp3) is 0.400. The Labute approximate surface area is 197 Å². The zero-order chi connectivity index (χ0) is 23.8. The number of Topliss-reactive ketones (excluding diaryl/α,β-unsaturated/α-hetero) is 1. The third kappa shape index (κ3) is 3.91. The molecule has 0 aromatic carbocycles. The molecule has 9 heteroatoms. The molecule has 0 bridgehead atoms. The molecule has 0 unspecified atom stereocenters. The van der Waals surface area contributed by atoms with Crippen LogP contribution in [0.3, 0.4) is 0 Å². The van der Waals surface area contributed by atoms with E-state index in [2.05, 4.69) is 9.88 Å². The Bertz CT molecular complexity index is 1270. The normalized spacial score (nSPS) is 21.1. The van der Waals surface area contributed by atoms with Gasteiger partial charge in [-0.15, -0.1) is 0 Å². The van der Waals surface area contributed by atoms with E-state index in [1.54, 1.807) is 29.7 Å². The fourth-order valence-electron chi connectivity index (χ4n) is 4.82. The molecule has 2 fully saturated rings. The van der Waals surface area contributed by atoms with Gasteiger partial charge in [0.1, 0.15) is 28.9 Å². The van der Waals surface area contributed by atoms with Crippen LogP contribution in [0.25, 0.3) is 11.4 Å². The standard InChI is InChI=1S/C25H28N4O5/c1-16-7-8-18(34-16)22-20(23(30)21-17(2)26-19-6-3-4-10-28(19)21)24(31)25(32)29(22)11-5-9-27-12-14-33-15-13-27/h3-4,6-8,10,22,30H,5,9,11-15H2,1-2H3/b23-20-/t22-/m1/s1. The molecule has 0 spiro atoms. The van der Waals surface area contributed by atoms with Crippen LogP contribution in [0.5, 0.6) is 0 Å². The molecule has 2 aliphatic heterocycles. The summed E-state index contributed by atoms with van der Waals surface area (Å²) in [5.41, 5.74) is 1.64. The summed E-state index contributed by atoms with van der Waals surface area (Å²) in [6, 6.07) is 8.25. The van der Waals surface area contributed by atoms with Gasteiger partial charge in [-0.2, -0.15) is 0 Å². The first-order chi connectivity index (χ1) is 16.5. The molecule has 1 amide bonds. The van der Waals surface area contributed by atoms with E-state index >= 15 is 0 Å². The smallest absolute Gasteiger partial charge is 0.295 e. The van der Waals surface area contributed by atoms with Crippen molar-refractivity contribution in [2.75, 3.05) is 39.4 Å². The van der Waals surface area contributed by atoms with Crippen LogP contribution in [0, 0.1) is 13.8 Å². The number of aryl methyl sites for hydroxylation is 2. The van der Waals surface area contributed by atoms with Crippen molar-refractivity contribution in [1.29, 1.82) is 0 Å². The molecule has 0 radical (unpaired) electrons. The van der Waals surface area contributed by atoms with E-state index in [-0.39, 0.29) is 11.3 Å². The van der Waals surface area contributed by atoms with Crippen LogP contribution in [-0.4, -0.2) is 75.4 Å².